The molecule has 0 aliphatic rings. The minimum absolute atomic E-state index is 0.326. The zero-order valence-corrected chi connectivity index (χ0v) is 9.39. The van der Waals surface area contributed by atoms with Crippen LogP contribution in [-0.4, -0.2) is 27.6 Å². The Morgan fingerprint density at radius 3 is 2.56 bits per heavy atom. The van der Waals surface area contributed by atoms with Gasteiger partial charge in [0.1, 0.15) is 11.7 Å². The van der Waals surface area contributed by atoms with Gasteiger partial charge in [0.2, 0.25) is 0 Å². The molecular weight excluding hydrogens is 210 g/mol. The molecule has 0 bridgehead atoms. The van der Waals surface area contributed by atoms with Gasteiger partial charge in [-0.15, -0.1) is 0 Å². The molecule has 6 heteroatoms. The lowest BCUT2D eigenvalue weighted by Gasteiger charge is -2.20. The van der Waals surface area contributed by atoms with Crippen LogP contribution < -0.4 is 10.00 Å². The van der Waals surface area contributed by atoms with Gasteiger partial charge >= 0.3 is 5.97 Å². The van der Waals surface area contributed by atoms with E-state index in [-0.39, 0.29) is 0 Å². The first-order chi connectivity index (χ1) is 7.33. The fourth-order valence-corrected chi connectivity index (χ4v) is 0.967. The van der Waals surface area contributed by atoms with Crippen molar-refractivity contribution in [2.24, 2.45) is 7.05 Å². The van der Waals surface area contributed by atoms with Crippen molar-refractivity contribution < 1.29 is 19.4 Å². The third-order valence-corrected chi connectivity index (χ3v) is 2.07. The number of aryl methyl sites for hydroxylation is 1. The van der Waals surface area contributed by atoms with Gasteiger partial charge in [-0.1, -0.05) is 4.68 Å². The monoisotopic (exact) mass is 224 g/mol. The average Bonchev–Trinajstić information content (AvgIpc) is 2.17. The van der Waals surface area contributed by atoms with Crippen LogP contribution in [-0.2, 0) is 11.8 Å². The second-order valence-electron chi connectivity index (χ2n) is 3.97. The number of carbonyl (C=O) groups excluding carboxylic acids is 1. The van der Waals surface area contributed by atoms with Crippen LogP contribution >= 0.6 is 0 Å². The van der Waals surface area contributed by atoms with Crippen LogP contribution in [0, 0.1) is 0 Å². The maximum absolute atomic E-state index is 11.7. The van der Waals surface area contributed by atoms with E-state index in [9.17, 15) is 9.59 Å². The molecule has 0 aliphatic heterocycles. The molecule has 1 aromatic heterocycles. The first-order valence-electron chi connectivity index (χ1n) is 4.71. The fourth-order valence-electron chi connectivity index (χ4n) is 0.967. The SMILES string of the molecule is C[n+]1ccc(C(=O)NC(C)(C)C(=O)O)cn1. The molecule has 16 heavy (non-hydrogen) atoms. The van der Waals surface area contributed by atoms with Crippen molar-refractivity contribution in [3.05, 3.63) is 24.0 Å². The summed E-state index contributed by atoms with van der Waals surface area (Å²) in [5.74, 6) is -1.55. The molecule has 0 aromatic carbocycles. The summed E-state index contributed by atoms with van der Waals surface area (Å²) in [6.07, 6.45) is 3.00. The van der Waals surface area contributed by atoms with Gasteiger partial charge in [-0.25, -0.2) is 4.79 Å². The van der Waals surface area contributed by atoms with Gasteiger partial charge in [-0.2, -0.15) is 0 Å². The van der Waals surface area contributed by atoms with Crippen molar-refractivity contribution in [3.8, 4) is 0 Å². The third-order valence-electron chi connectivity index (χ3n) is 2.07. The molecule has 0 saturated carbocycles. The topological polar surface area (TPSA) is 83.2 Å². The van der Waals surface area contributed by atoms with E-state index in [0.29, 0.717) is 5.56 Å². The molecule has 0 fully saturated rings. The molecule has 0 atom stereocenters. The predicted octanol–water partition coefficient (Wildman–Crippen LogP) is -0.501. The smallest absolute Gasteiger partial charge is 0.328 e. The Labute approximate surface area is 92.9 Å². The van der Waals surface area contributed by atoms with Gasteiger partial charge in [-0.05, 0) is 18.9 Å². The van der Waals surface area contributed by atoms with Gasteiger partial charge < -0.3 is 10.4 Å². The van der Waals surface area contributed by atoms with Crippen LogP contribution in [0.3, 0.4) is 0 Å². The first-order valence-corrected chi connectivity index (χ1v) is 4.71. The van der Waals surface area contributed by atoms with Gasteiger partial charge in [0.15, 0.2) is 13.2 Å². The molecule has 0 saturated heterocycles. The molecule has 6 nitrogen and oxygen atoms in total. The lowest BCUT2D eigenvalue weighted by molar-refractivity contribution is -0.730. The molecule has 1 rings (SSSR count). The highest BCUT2D eigenvalue weighted by Crippen LogP contribution is 2.04. The second kappa shape index (κ2) is 4.26. The number of hydrogen-bond acceptors (Lipinski definition) is 3. The van der Waals surface area contributed by atoms with E-state index >= 15 is 0 Å². The van der Waals surface area contributed by atoms with Crippen LogP contribution in [0.4, 0.5) is 0 Å². The molecule has 86 valence electrons. The number of carbonyl (C=O) groups is 2. The Hall–Kier alpha value is -1.98. The van der Waals surface area contributed by atoms with Crippen molar-refractivity contribution in [3.63, 3.8) is 0 Å². The van der Waals surface area contributed by atoms with E-state index < -0.39 is 17.4 Å². The van der Waals surface area contributed by atoms with Gasteiger partial charge in [0.05, 0.1) is 5.56 Å². The summed E-state index contributed by atoms with van der Waals surface area (Å²) in [4.78, 5) is 22.5. The Morgan fingerprint density at radius 1 is 1.50 bits per heavy atom. The molecule has 0 aliphatic carbocycles. The highest BCUT2D eigenvalue weighted by Gasteiger charge is 2.29. The summed E-state index contributed by atoms with van der Waals surface area (Å²) < 4.78 is 1.54. The van der Waals surface area contributed by atoms with E-state index in [2.05, 4.69) is 10.4 Å². The minimum Gasteiger partial charge on any atom is -0.480 e. The van der Waals surface area contributed by atoms with Crippen molar-refractivity contribution in [1.29, 1.82) is 0 Å². The fraction of sp³-hybridized carbons (Fsp3) is 0.400. The lowest BCUT2D eigenvalue weighted by Crippen LogP contribution is -2.49. The molecule has 1 aromatic rings. The van der Waals surface area contributed by atoms with Crippen molar-refractivity contribution in [1.82, 2.24) is 10.4 Å². The van der Waals surface area contributed by atoms with E-state index in [1.54, 1.807) is 24.0 Å². The highest BCUT2D eigenvalue weighted by molar-refractivity contribution is 5.97. The number of rotatable bonds is 3. The molecule has 0 spiro atoms. The summed E-state index contributed by atoms with van der Waals surface area (Å²) in [6.45, 7) is 2.84. The van der Waals surface area contributed by atoms with Gasteiger partial charge in [-0.3, -0.25) is 4.79 Å². The quantitative estimate of drug-likeness (QED) is 0.678. The van der Waals surface area contributed by atoms with Gasteiger partial charge in [0, 0.05) is 6.07 Å². The zero-order chi connectivity index (χ0) is 12.3. The van der Waals surface area contributed by atoms with Crippen LogP contribution in [0.25, 0.3) is 0 Å². The first kappa shape index (κ1) is 12.1. The number of aromatic nitrogens is 2. The third kappa shape index (κ3) is 2.75. The Kier molecular flexibility index (Phi) is 3.22. The van der Waals surface area contributed by atoms with E-state index in [4.69, 9.17) is 5.11 Å². The second-order valence-corrected chi connectivity index (χ2v) is 3.97. The number of nitrogens with one attached hydrogen (secondary N) is 1. The maximum atomic E-state index is 11.7. The largest absolute Gasteiger partial charge is 0.480 e. The van der Waals surface area contributed by atoms with Crippen LogP contribution in [0.2, 0.25) is 0 Å². The Bertz CT molecular complexity index is 412. The van der Waals surface area contributed by atoms with Crippen molar-refractivity contribution in [2.75, 3.05) is 0 Å². The van der Waals surface area contributed by atoms with E-state index in [0.717, 1.165) is 0 Å². The summed E-state index contributed by atoms with van der Waals surface area (Å²) in [6, 6.07) is 1.57. The standard InChI is InChI=1S/C10H13N3O3/c1-10(2,9(15)16)12-8(14)7-4-5-13(3)11-6-7/h4-6H,1-3H3,(H-,12,14,15,16)/p+1. The number of amides is 1. The number of carboxylic acid groups (broad SMARTS) is 1. The number of hydrogen-bond donors (Lipinski definition) is 2. The molecular formula is C10H14N3O3+. The van der Waals surface area contributed by atoms with Crippen LogP contribution in [0.1, 0.15) is 24.2 Å². The van der Waals surface area contributed by atoms with E-state index in [1.165, 1.54) is 20.0 Å². The predicted molar refractivity (Wildman–Crippen MR) is 54.6 cm³/mol. The average molecular weight is 224 g/mol. The number of aliphatic carboxylic acids is 1. The number of nitrogens with zero attached hydrogens (tertiary/aromatic N) is 2. The van der Waals surface area contributed by atoms with E-state index in [1.807, 2.05) is 0 Å². The van der Waals surface area contributed by atoms with Crippen LogP contribution in [0.5, 0.6) is 0 Å². The molecule has 0 radical (unpaired) electrons. The summed E-state index contributed by atoms with van der Waals surface area (Å²) in [5.41, 5.74) is -0.970. The highest BCUT2D eigenvalue weighted by atomic mass is 16.4. The summed E-state index contributed by atoms with van der Waals surface area (Å²) >= 11 is 0. The molecule has 1 heterocycles. The lowest BCUT2D eigenvalue weighted by atomic mass is 10.1. The number of carboxylic acids is 1. The molecule has 1 amide bonds. The molecule has 0 unspecified atom stereocenters. The summed E-state index contributed by atoms with van der Waals surface area (Å²) in [5, 5.41) is 15.1. The van der Waals surface area contributed by atoms with Crippen molar-refractivity contribution in [2.45, 2.75) is 19.4 Å². The normalized spacial score (nSPS) is 10.9. The maximum Gasteiger partial charge on any atom is 0.328 e. The van der Waals surface area contributed by atoms with Gasteiger partial charge in [0.25, 0.3) is 5.91 Å². The zero-order valence-electron chi connectivity index (χ0n) is 9.39. The van der Waals surface area contributed by atoms with Crippen LogP contribution in [0.15, 0.2) is 18.5 Å². The molecule has 2 N–H and O–H groups in total. The van der Waals surface area contributed by atoms with Crippen molar-refractivity contribution >= 4 is 11.9 Å². The Balaban J connectivity index is 2.81. The summed E-state index contributed by atoms with van der Waals surface area (Å²) in [7, 11) is 1.73. The minimum atomic E-state index is -1.30. The Morgan fingerprint density at radius 2 is 2.12 bits per heavy atom.